The molecule has 14 nitrogen and oxygen atoms in total. The number of hydrogen-bond acceptors (Lipinski definition) is 12. The van der Waals surface area contributed by atoms with Crippen molar-refractivity contribution in [3.05, 3.63) is 131 Å². The largest absolute Gasteiger partial charge is 0.495 e. The molecule has 0 aliphatic carbocycles. The molecule has 4 heterocycles. The molecule has 0 atom stereocenters. The van der Waals surface area contributed by atoms with Gasteiger partial charge in [-0.25, -0.2) is 8.42 Å². The minimum Gasteiger partial charge on any atom is -0.495 e. The van der Waals surface area contributed by atoms with Crippen molar-refractivity contribution in [2.75, 3.05) is 32.8 Å². The van der Waals surface area contributed by atoms with Crippen molar-refractivity contribution < 1.29 is 22.6 Å². The Morgan fingerprint density at radius 2 is 1.18 bits per heavy atom. The molecule has 0 unspecified atom stereocenters. The number of anilines is 1. The van der Waals surface area contributed by atoms with Gasteiger partial charge in [0.25, 0.3) is 0 Å². The Morgan fingerprint density at radius 3 is 1.72 bits per heavy atom. The fourth-order valence-corrected chi connectivity index (χ4v) is 7.46. The lowest BCUT2D eigenvalue weighted by Crippen LogP contribution is -2.16. The lowest BCUT2D eigenvalue weighted by Gasteiger charge is -2.17. The number of nitrogens with zero attached hydrogens (tertiary/aromatic N) is 8. The molecule has 0 amide bonds. The van der Waals surface area contributed by atoms with E-state index in [1.807, 2.05) is 93.6 Å². The number of ether oxygens (including phenoxy) is 3. The third kappa shape index (κ3) is 9.22. The van der Waals surface area contributed by atoms with E-state index in [1.54, 1.807) is 55.0 Å². The van der Waals surface area contributed by atoms with Gasteiger partial charge in [0.15, 0.2) is 27.3 Å². The van der Waals surface area contributed by atoms with Gasteiger partial charge in [-0.15, -0.1) is 20.4 Å². The predicted molar refractivity (Wildman–Crippen MR) is 220 cm³/mol. The van der Waals surface area contributed by atoms with Gasteiger partial charge in [0.2, 0.25) is 5.95 Å². The van der Waals surface area contributed by atoms with Crippen LogP contribution in [0.1, 0.15) is 28.3 Å². The van der Waals surface area contributed by atoms with E-state index >= 15 is 0 Å². The Kier molecular flexibility index (Phi) is 12.5. The molecule has 0 spiro atoms. The summed E-state index contributed by atoms with van der Waals surface area (Å²) in [6.07, 6.45) is 3.83. The Morgan fingerprint density at radius 1 is 0.649 bits per heavy atom. The van der Waals surface area contributed by atoms with Gasteiger partial charge >= 0.3 is 0 Å². The minimum atomic E-state index is -3.49. The summed E-state index contributed by atoms with van der Waals surface area (Å²) in [6, 6.07) is 25.9. The van der Waals surface area contributed by atoms with E-state index in [0.29, 0.717) is 57.5 Å². The fraction of sp³-hybridized carbons (Fsp3) is 0.220. The Bertz CT molecular complexity index is 2550. The summed E-state index contributed by atoms with van der Waals surface area (Å²) in [4.78, 5) is 8.67. The smallest absolute Gasteiger partial charge is 0.227 e. The summed E-state index contributed by atoms with van der Waals surface area (Å²) in [5.41, 5.74) is 12.5. The van der Waals surface area contributed by atoms with Crippen LogP contribution in [0.4, 0.5) is 5.95 Å². The quantitative estimate of drug-likeness (QED) is 0.134. The van der Waals surface area contributed by atoms with Gasteiger partial charge < -0.3 is 19.9 Å². The van der Waals surface area contributed by atoms with Gasteiger partial charge in [-0.2, -0.15) is 0 Å². The summed E-state index contributed by atoms with van der Waals surface area (Å²) in [5, 5.41) is 17.4. The molecule has 2 N–H and O–H groups in total. The van der Waals surface area contributed by atoms with Gasteiger partial charge in [0.05, 0.1) is 32.8 Å². The third-order valence-corrected chi connectivity index (χ3v) is 10.8. The van der Waals surface area contributed by atoms with Crippen LogP contribution < -0.4 is 19.9 Å². The second-order valence-electron chi connectivity index (χ2n) is 13.0. The van der Waals surface area contributed by atoms with Crippen LogP contribution >= 0.6 is 11.6 Å². The number of pyridine rings is 2. The maximum Gasteiger partial charge on any atom is 0.227 e. The first kappa shape index (κ1) is 40.3. The number of sulfone groups is 1. The summed E-state index contributed by atoms with van der Waals surface area (Å²) in [7, 11) is 1.27. The summed E-state index contributed by atoms with van der Waals surface area (Å²) >= 11 is 5.93. The molecule has 4 aromatic heterocycles. The highest BCUT2D eigenvalue weighted by Crippen LogP contribution is 2.37. The molecule has 16 heteroatoms. The average Bonchev–Trinajstić information content (AvgIpc) is 3.80. The van der Waals surface area contributed by atoms with Crippen molar-refractivity contribution in [2.45, 2.75) is 32.9 Å². The van der Waals surface area contributed by atoms with Crippen molar-refractivity contribution >= 4 is 27.4 Å². The predicted octanol–water partition coefficient (Wildman–Crippen LogP) is 7.00. The van der Waals surface area contributed by atoms with E-state index in [4.69, 9.17) is 31.5 Å². The standard InChI is InChI=1S/C25H25ClN4O3S.C16H17N5O2/c1-17-5-4-6-22(33-3)24(17)30-23(28-29-25(30)20-10-7-18(2)27-15-20)16-34(31,32)14-13-19-8-11-21(26)12-9-19;1-10-7-8-11(9-18-10)15-19-20-16(17)21(15)14-12(22-2)5-4-6-13(14)23-3/h4-12,15H,13-14,16H2,1-3H3;4-9H,1-3H3,(H2,17,20). The lowest BCUT2D eigenvalue weighted by atomic mass is 10.1. The minimum absolute atomic E-state index is 0.0200. The number of aromatic nitrogens is 8. The van der Waals surface area contributed by atoms with Gasteiger partial charge in [0.1, 0.15) is 28.7 Å². The first-order valence-electron chi connectivity index (χ1n) is 17.7. The van der Waals surface area contributed by atoms with Crippen LogP contribution in [0.2, 0.25) is 5.02 Å². The molecule has 0 saturated carbocycles. The average molecular weight is 808 g/mol. The van der Waals surface area contributed by atoms with Gasteiger partial charge in [-0.05, 0) is 92.9 Å². The molecule has 57 heavy (non-hydrogen) atoms. The number of benzene rings is 3. The van der Waals surface area contributed by atoms with Crippen molar-refractivity contribution in [1.82, 2.24) is 39.5 Å². The molecular formula is C41H42ClN9O5S. The third-order valence-electron chi connectivity index (χ3n) is 8.99. The number of methoxy groups -OCH3 is 3. The van der Waals surface area contributed by atoms with Gasteiger partial charge in [-0.1, -0.05) is 41.9 Å². The van der Waals surface area contributed by atoms with E-state index in [9.17, 15) is 8.42 Å². The Hall–Kier alpha value is -6.32. The van der Waals surface area contributed by atoms with E-state index in [1.165, 1.54) is 0 Å². The molecule has 0 aliphatic heterocycles. The number of aryl methyl sites for hydroxylation is 4. The number of halogens is 1. The first-order valence-corrected chi connectivity index (χ1v) is 19.9. The van der Waals surface area contributed by atoms with E-state index in [0.717, 1.165) is 33.6 Å². The second kappa shape index (κ2) is 17.6. The Labute approximate surface area is 336 Å². The fourth-order valence-electron chi connectivity index (χ4n) is 6.06. The molecule has 294 valence electrons. The normalized spacial score (nSPS) is 11.1. The van der Waals surface area contributed by atoms with Crippen LogP contribution in [-0.2, 0) is 22.0 Å². The zero-order chi connectivity index (χ0) is 40.7. The topological polar surface area (TPSA) is 175 Å². The number of rotatable bonds is 12. The molecular weight excluding hydrogens is 766 g/mol. The monoisotopic (exact) mass is 807 g/mol. The van der Waals surface area contributed by atoms with E-state index in [-0.39, 0.29) is 17.5 Å². The molecule has 7 aromatic rings. The van der Waals surface area contributed by atoms with Crippen molar-refractivity contribution in [1.29, 1.82) is 0 Å². The van der Waals surface area contributed by atoms with Gasteiger partial charge in [0, 0.05) is 39.9 Å². The molecule has 0 radical (unpaired) electrons. The van der Waals surface area contributed by atoms with Gasteiger partial charge in [-0.3, -0.25) is 19.1 Å². The molecule has 0 bridgehead atoms. The highest BCUT2D eigenvalue weighted by molar-refractivity contribution is 7.90. The number of para-hydroxylation sites is 2. The summed E-state index contributed by atoms with van der Waals surface area (Å²) in [6.45, 7) is 5.76. The molecule has 0 aliphatic rings. The van der Waals surface area contributed by atoms with E-state index in [2.05, 4.69) is 30.4 Å². The van der Waals surface area contributed by atoms with Crippen LogP contribution in [0.5, 0.6) is 17.2 Å². The van der Waals surface area contributed by atoms with Crippen molar-refractivity contribution in [3.63, 3.8) is 0 Å². The SMILES string of the molecule is COc1cccc(C)c1-n1c(CS(=O)(=O)CCc2ccc(Cl)cc2)nnc1-c1ccc(C)nc1.COc1cccc(OC)c1-n1c(N)nnc1-c1ccc(C)nc1. The van der Waals surface area contributed by atoms with Crippen LogP contribution in [0.3, 0.4) is 0 Å². The highest BCUT2D eigenvalue weighted by Gasteiger charge is 2.25. The summed E-state index contributed by atoms with van der Waals surface area (Å²) < 4.78 is 46.2. The Balaban J connectivity index is 0.000000208. The number of nitrogen functional groups attached to an aromatic ring is 1. The second-order valence-corrected chi connectivity index (χ2v) is 15.6. The number of nitrogens with two attached hydrogens (primary N) is 1. The summed E-state index contributed by atoms with van der Waals surface area (Å²) in [5.74, 6) is 3.16. The lowest BCUT2D eigenvalue weighted by molar-refractivity contribution is 0.391. The van der Waals surface area contributed by atoms with Crippen molar-refractivity contribution in [2.24, 2.45) is 0 Å². The molecule has 3 aromatic carbocycles. The zero-order valence-corrected chi connectivity index (χ0v) is 33.9. The zero-order valence-electron chi connectivity index (χ0n) is 32.3. The van der Waals surface area contributed by atoms with Crippen LogP contribution in [0, 0.1) is 20.8 Å². The molecule has 0 saturated heterocycles. The maximum atomic E-state index is 13.1. The first-order chi connectivity index (χ1) is 27.4. The van der Waals surface area contributed by atoms with Crippen LogP contribution in [-0.4, -0.2) is 75.0 Å². The molecule has 7 rings (SSSR count). The van der Waals surface area contributed by atoms with Crippen LogP contribution in [0.15, 0.2) is 97.3 Å². The van der Waals surface area contributed by atoms with Crippen molar-refractivity contribution in [3.8, 4) is 51.4 Å². The number of hydrogen-bond donors (Lipinski definition) is 1. The molecule has 0 fully saturated rings. The van der Waals surface area contributed by atoms with Crippen LogP contribution in [0.25, 0.3) is 34.2 Å². The van der Waals surface area contributed by atoms with E-state index < -0.39 is 9.84 Å². The highest BCUT2D eigenvalue weighted by atomic mass is 35.5. The maximum absolute atomic E-state index is 13.1.